The van der Waals surface area contributed by atoms with E-state index in [0.29, 0.717) is 6.04 Å². The maximum Gasteiger partial charge on any atom is 0.0643 e. The molecule has 1 saturated heterocycles. The summed E-state index contributed by atoms with van der Waals surface area (Å²) < 4.78 is 10.5. The van der Waals surface area contributed by atoms with E-state index in [-0.39, 0.29) is 0 Å². The second-order valence-corrected chi connectivity index (χ2v) is 3.98. The summed E-state index contributed by atoms with van der Waals surface area (Å²) in [5, 5.41) is 3.36. The lowest BCUT2D eigenvalue weighted by atomic mass is 10.1. The van der Waals surface area contributed by atoms with Crippen LogP contribution in [0, 0.1) is 5.92 Å². The summed E-state index contributed by atoms with van der Waals surface area (Å²) in [5.41, 5.74) is 0. The van der Waals surface area contributed by atoms with Crippen LogP contribution in [0.1, 0.15) is 20.3 Å². The average molecular weight is 187 g/mol. The molecule has 78 valence electrons. The molecule has 1 heterocycles. The van der Waals surface area contributed by atoms with E-state index in [4.69, 9.17) is 9.47 Å². The maximum absolute atomic E-state index is 5.46. The molecule has 0 spiro atoms. The van der Waals surface area contributed by atoms with Crippen LogP contribution in [-0.2, 0) is 9.47 Å². The van der Waals surface area contributed by atoms with Gasteiger partial charge in [-0.15, -0.1) is 0 Å². The lowest BCUT2D eigenvalue weighted by Crippen LogP contribution is -2.46. The normalized spacial score (nSPS) is 17.8. The molecular formula is C10H21NO2. The first-order valence-corrected chi connectivity index (χ1v) is 5.18. The Morgan fingerprint density at radius 2 is 2.15 bits per heavy atom. The smallest absolute Gasteiger partial charge is 0.0643 e. The molecule has 0 atom stereocenters. The van der Waals surface area contributed by atoms with E-state index in [2.05, 4.69) is 19.2 Å². The first kappa shape index (κ1) is 11.0. The lowest BCUT2D eigenvalue weighted by molar-refractivity contribution is -0.00830. The molecule has 1 N–H and O–H groups in total. The van der Waals surface area contributed by atoms with Crippen molar-refractivity contribution in [2.75, 3.05) is 33.0 Å². The highest BCUT2D eigenvalue weighted by Gasteiger charge is 2.16. The van der Waals surface area contributed by atoms with E-state index in [0.717, 1.165) is 45.3 Å². The van der Waals surface area contributed by atoms with Crippen molar-refractivity contribution >= 4 is 0 Å². The van der Waals surface area contributed by atoms with Crippen LogP contribution in [0.4, 0.5) is 0 Å². The number of nitrogens with one attached hydrogen (secondary N) is 1. The van der Waals surface area contributed by atoms with E-state index in [1.807, 2.05) is 0 Å². The Kier molecular flexibility index (Phi) is 5.35. The standard InChI is InChI=1S/C10H21NO2/c1-9(2)3-5-12-6-4-11-10-7-13-8-10/h9-11H,3-8H2,1-2H3. The highest BCUT2D eigenvalue weighted by molar-refractivity contribution is 4.72. The number of hydrogen-bond donors (Lipinski definition) is 1. The van der Waals surface area contributed by atoms with Gasteiger partial charge in [-0.05, 0) is 12.3 Å². The molecule has 0 aromatic carbocycles. The third kappa shape index (κ3) is 5.24. The van der Waals surface area contributed by atoms with Crippen LogP contribution in [0.3, 0.4) is 0 Å². The van der Waals surface area contributed by atoms with Crippen LogP contribution in [0.15, 0.2) is 0 Å². The monoisotopic (exact) mass is 187 g/mol. The quantitative estimate of drug-likeness (QED) is 0.604. The van der Waals surface area contributed by atoms with Crippen LogP contribution in [0.5, 0.6) is 0 Å². The molecule has 0 radical (unpaired) electrons. The summed E-state index contributed by atoms with van der Waals surface area (Å²) in [7, 11) is 0. The Morgan fingerprint density at radius 3 is 2.69 bits per heavy atom. The molecular weight excluding hydrogens is 166 g/mol. The van der Waals surface area contributed by atoms with Crippen LogP contribution in [-0.4, -0.2) is 39.0 Å². The number of ether oxygens (including phenoxy) is 2. The van der Waals surface area contributed by atoms with Crippen molar-refractivity contribution in [2.45, 2.75) is 26.3 Å². The Hall–Kier alpha value is -0.120. The number of hydrogen-bond acceptors (Lipinski definition) is 3. The third-order valence-corrected chi connectivity index (χ3v) is 2.16. The first-order valence-electron chi connectivity index (χ1n) is 5.18. The van der Waals surface area contributed by atoms with Gasteiger partial charge in [0.15, 0.2) is 0 Å². The van der Waals surface area contributed by atoms with Crippen molar-refractivity contribution in [1.82, 2.24) is 5.32 Å². The van der Waals surface area contributed by atoms with E-state index in [9.17, 15) is 0 Å². The first-order chi connectivity index (χ1) is 6.29. The minimum atomic E-state index is 0.577. The maximum atomic E-state index is 5.46. The largest absolute Gasteiger partial charge is 0.380 e. The van der Waals surface area contributed by atoms with Gasteiger partial charge in [-0.1, -0.05) is 13.8 Å². The van der Waals surface area contributed by atoms with Crippen molar-refractivity contribution < 1.29 is 9.47 Å². The average Bonchev–Trinajstić information content (AvgIpc) is 1.99. The van der Waals surface area contributed by atoms with Gasteiger partial charge in [-0.3, -0.25) is 0 Å². The van der Waals surface area contributed by atoms with Gasteiger partial charge in [-0.2, -0.15) is 0 Å². The van der Waals surface area contributed by atoms with Crippen LogP contribution >= 0.6 is 0 Å². The zero-order valence-corrected chi connectivity index (χ0v) is 8.71. The predicted octanol–water partition coefficient (Wildman–Crippen LogP) is 1.04. The van der Waals surface area contributed by atoms with Gasteiger partial charge >= 0.3 is 0 Å². The molecule has 1 aliphatic heterocycles. The molecule has 0 aromatic heterocycles. The second-order valence-electron chi connectivity index (χ2n) is 3.98. The van der Waals surface area contributed by atoms with Crippen LogP contribution in [0.2, 0.25) is 0 Å². The van der Waals surface area contributed by atoms with Crippen molar-refractivity contribution in [1.29, 1.82) is 0 Å². The summed E-state index contributed by atoms with van der Waals surface area (Å²) in [6.07, 6.45) is 1.16. The summed E-state index contributed by atoms with van der Waals surface area (Å²) in [6, 6.07) is 0.577. The third-order valence-electron chi connectivity index (χ3n) is 2.16. The fourth-order valence-corrected chi connectivity index (χ4v) is 1.11. The van der Waals surface area contributed by atoms with Gasteiger partial charge in [-0.25, -0.2) is 0 Å². The molecule has 3 nitrogen and oxygen atoms in total. The number of rotatable bonds is 7. The summed E-state index contributed by atoms with van der Waals surface area (Å²) in [4.78, 5) is 0. The molecule has 0 bridgehead atoms. The minimum Gasteiger partial charge on any atom is -0.380 e. The summed E-state index contributed by atoms with van der Waals surface area (Å²) in [5.74, 6) is 0.744. The fraction of sp³-hybridized carbons (Fsp3) is 1.00. The fourth-order valence-electron chi connectivity index (χ4n) is 1.11. The SMILES string of the molecule is CC(C)CCOCCNC1COC1. The Morgan fingerprint density at radius 1 is 1.38 bits per heavy atom. The molecule has 0 saturated carbocycles. The second kappa shape index (κ2) is 6.35. The van der Waals surface area contributed by atoms with Gasteiger partial charge in [0, 0.05) is 13.2 Å². The lowest BCUT2D eigenvalue weighted by Gasteiger charge is -2.26. The van der Waals surface area contributed by atoms with Crippen LogP contribution < -0.4 is 5.32 Å². The van der Waals surface area contributed by atoms with Crippen molar-refractivity contribution in [3.05, 3.63) is 0 Å². The zero-order chi connectivity index (χ0) is 9.52. The predicted molar refractivity (Wildman–Crippen MR) is 52.9 cm³/mol. The van der Waals surface area contributed by atoms with E-state index >= 15 is 0 Å². The molecule has 1 aliphatic rings. The van der Waals surface area contributed by atoms with Gasteiger partial charge in [0.2, 0.25) is 0 Å². The zero-order valence-electron chi connectivity index (χ0n) is 8.71. The highest BCUT2D eigenvalue weighted by atomic mass is 16.5. The topological polar surface area (TPSA) is 30.5 Å². The van der Waals surface area contributed by atoms with Crippen molar-refractivity contribution in [3.63, 3.8) is 0 Å². The summed E-state index contributed by atoms with van der Waals surface area (Å²) in [6.45, 7) is 8.83. The Bertz CT molecular complexity index is 124. The summed E-state index contributed by atoms with van der Waals surface area (Å²) >= 11 is 0. The minimum absolute atomic E-state index is 0.577. The van der Waals surface area contributed by atoms with Gasteiger partial charge in [0.25, 0.3) is 0 Å². The molecule has 0 amide bonds. The van der Waals surface area contributed by atoms with E-state index in [1.54, 1.807) is 0 Å². The van der Waals surface area contributed by atoms with Crippen molar-refractivity contribution in [2.24, 2.45) is 5.92 Å². The van der Waals surface area contributed by atoms with E-state index < -0.39 is 0 Å². The molecule has 13 heavy (non-hydrogen) atoms. The van der Waals surface area contributed by atoms with Gasteiger partial charge in [0.05, 0.1) is 25.9 Å². The van der Waals surface area contributed by atoms with E-state index in [1.165, 1.54) is 0 Å². The molecule has 3 heteroatoms. The van der Waals surface area contributed by atoms with Crippen LogP contribution in [0.25, 0.3) is 0 Å². The molecule has 0 unspecified atom stereocenters. The molecule has 1 rings (SSSR count). The molecule has 0 aromatic rings. The van der Waals surface area contributed by atoms with Gasteiger partial charge < -0.3 is 14.8 Å². The van der Waals surface area contributed by atoms with Crippen molar-refractivity contribution in [3.8, 4) is 0 Å². The molecule has 1 fully saturated rings. The molecule has 0 aliphatic carbocycles. The Labute approximate surface area is 80.8 Å². The van der Waals surface area contributed by atoms with Gasteiger partial charge in [0.1, 0.15) is 0 Å². The highest BCUT2D eigenvalue weighted by Crippen LogP contribution is 1.99. The Balaban J connectivity index is 1.73.